The summed E-state index contributed by atoms with van der Waals surface area (Å²) < 4.78 is 86.2. The molecule has 6 aromatic rings. The molecule has 7 rings (SSSR count). The first kappa shape index (κ1) is 49.5. The highest BCUT2D eigenvalue weighted by atomic mass is 32.2. The lowest BCUT2D eigenvalue weighted by molar-refractivity contribution is -0.0523. The van der Waals surface area contributed by atoms with Crippen LogP contribution in [-0.4, -0.2) is 85.5 Å². The molecule has 0 bridgehead atoms. The van der Waals surface area contributed by atoms with Crippen molar-refractivity contribution in [2.24, 2.45) is 0 Å². The SMILES string of the molecule is CCOP(=O)(OCCCc1ccc(-c2cnc(N)c(C(=O)Nc3ccc(S(=O)(=O)NC4(C)COC4)cc3)n2)cc1)C(C)S(=O)(=O)c1ccc(NC(=O)c2nc(-c3ccc(C)cc3)cnc2N)cc1. The summed E-state index contributed by atoms with van der Waals surface area (Å²) in [5.74, 6) is -1.48. The number of carbonyl (C=O) groups is 2. The standard InChI is InChI=1S/C46H50N9O10PS2/c1-5-64-66(58,30(3)67(59,60)36-20-16-34(17-21-36)51-44(56)40-42(47)49-25-38(53-40)32-12-8-29(2)9-13-32)65-24-6-7-31-10-14-33(15-11-31)39-26-50-43(48)41(54-39)45(57)52-35-18-22-37(23-19-35)68(61,62)55-46(4)27-63-28-46/h8-23,25-26,30,55H,5-7,24,27-28H2,1-4H3,(H2,47,49)(H2,48,50)(H,51,56)(H,52,57). The van der Waals surface area contributed by atoms with Gasteiger partial charge in [0.05, 0.1) is 65.5 Å². The van der Waals surface area contributed by atoms with E-state index in [0.29, 0.717) is 35.5 Å². The Bertz CT molecular complexity index is 3090. The van der Waals surface area contributed by atoms with E-state index in [1.165, 1.54) is 67.8 Å². The fourth-order valence-electron chi connectivity index (χ4n) is 6.91. The molecule has 2 amide bonds. The number of nitrogens with one attached hydrogen (secondary N) is 3. The number of aromatic nitrogens is 4. The molecule has 3 heterocycles. The van der Waals surface area contributed by atoms with Crippen molar-refractivity contribution in [3.05, 3.63) is 132 Å². The number of sulfonamides is 1. The maximum atomic E-state index is 14.0. The summed E-state index contributed by atoms with van der Waals surface area (Å²) in [5.41, 5.74) is 15.8. The fourth-order valence-corrected chi connectivity index (χ4v) is 12.5. The largest absolute Gasteiger partial charge is 0.382 e. The second-order valence-corrected chi connectivity index (χ2v) is 22.9. The van der Waals surface area contributed by atoms with Gasteiger partial charge in [-0.15, -0.1) is 0 Å². The lowest BCUT2D eigenvalue weighted by Gasteiger charge is -2.38. The van der Waals surface area contributed by atoms with Gasteiger partial charge in [0.25, 0.3) is 11.8 Å². The van der Waals surface area contributed by atoms with E-state index < -0.39 is 49.8 Å². The molecule has 22 heteroatoms. The number of nitrogens with zero attached hydrogens (tertiary/aromatic N) is 4. The van der Waals surface area contributed by atoms with Crippen molar-refractivity contribution in [1.29, 1.82) is 0 Å². The molecule has 356 valence electrons. The number of nitrogens with two attached hydrogens (primary N) is 2. The van der Waals surface area contributed by atoms with Crippen LogP contribution in [0.2, 0.25) is 0 Å². The third-order valence-corrected chi connectivity index (χ3v) is 17.9. The van der Waals surface area contributed by atoms with Gasteiger partial charge in [0.2, 0.25) is 10.0 Å². The van der Waals surface area contributed by atoms with Crippen LogP contribution in [0.1, 0.15) is 59.3 Å². The van der Waals surface area contributed by atoms with Crippen LogP contribution < -0.4 is 26.8 Å². The van der Waals surface area contributed by atoms with Gasteiger partial charge in [0.1, 0.15) is 0 Å². The molecular weight excluding hydrogens is 934 g/mol. The molecule has 0 aliphatic carbocycles. The Kier molecular flexibility index (Phi) is 14.8. The van der Waals surface area contributed by atoms with Crippen LogP contribution in [0.3, 0.4) is 0 Å². The highest BCUT2D eigenvalue weighted by molar-refractivity contribution is 7.98. The summed E-state index contributed by atoms with van der Waals surface area (Å²) in [4.78, 5) is 41.8. The van der Waals surface area contributed by atoms with Gasteiger partial charge in [-0.25, -0.2) is 41.5 Å². The number of hydrogen-bond donors (Lipinski definition) is 5. The minimum Gasteiger partial charge on any atom is -0.382 e. The van der Waals surface area contributed by atoms with E-state index >= 15 is 0 Å². The van der Waals surface area contributed by atoms with E-state index in [9.17, 15) is 31.0 Å². The molecule has 0 radical (unpaired) electrons. The lowest BCUT2D eigenvalue weighted by Crippen LogP contribution is -2.59. The first-order valence-electron chi connectivity index (χ1n) is 21.3. The molecule has 4 aromatic carbocycles. The Balaban J connectivity index is 0.923. The van der Waals surface area contributed by atoms with Gasteiger partial charge < -0.3 is 35.9 Å². The smallest absolute Gasteiger partial charge is 0.348 e. The zero-order valence-electron chi connectivity index (χ0n) is 37.5. The van der Waals surface area contributed by atoms with Crippen LogP contribution in [0, 0.1) is 6.92 Å². The van der Waals surface area contributed by atoms with E-state index in [0.717, 1.165) is 16.7 Å². The molecule has 2 atom stereocenters. The molecule has 1 aliphatic heterocycles. The number of nitrogen functional groups attached to an aromatic ring is 2. The number of anilines is 4. The van der Waals surface area contributed by atoms with Crippen molar-refractivity contribution in [2.75, 3.05) is 48.5 Å². The van der Waals surface area contributed by atoms with Crippen molar-refractivity contribution >= 4 is 62.3 Å². The van der Waals surface area contributed by atoms with Gasteiger partial charge in [-0.2, -0.15) is 0 Å². The highest BCUT2D eigenvalue weighted by Crippen LogP contribution is 2.56. The van der Waals surface area contributed by atoms with Crippen LogP contribution in [0.4, 0.5) is 23.0 Å². The number of sulfone groups is 1. The van der Waals surface area contributed by atoms with E-state index in [1.54, 1.807) is 26.0 Å². The van der Waals surface area contributed by atoms with Crippen LogP contribution in [-0.2, 0) is 44.6 Å². The minimum absolute atomic E-state index is 0.0258. The number of hydrogen-bond acceptors (Lipinski definition) is 16. The zero-order valence-corrected chi connectivity index (χ0v) is 40.0. The predicted molar refractivity (Wildman–Crippen MR) is 257 cm³/mol. The maximum absolute atomic E-state index is 14.0. The second kappa shape index (κ2) is 20.4. The summed E-state index contributed by atoms with van der Waals surface area (Å²) in [6.07, 6.45) is 3.74. The molecule has 2 aromatic heterocycles. The summed E-state index contributed by atoms with van der Waals surface area (Å²) in [7, 11) is -12.3. The molecule has 0 spiro atoms. The summed E-state index contributed by atoms with van der Waals surface area (Å²) in [6, 6.07) is 25.8. The van der Waals surface area contributed by atoms with Gasteiger partial charge >= 0.3 is 7.60 Å². The summed E-state index contributed by atoms with van der Waals surface area (Å²) in [5, 5.41) is 5.34. The highest BCUT2D eigenvalue weighted by Gasteiger charge is 2.43. The summed E-state index contributed by atoms with van der Waals surface area (Å²) >= 11 is 0. The molecule has 0 saturated carbocycles. The van der Waals surface area contributed by atoms with Crippen LogP contribution >= 0.6 is 7.60 Å². The molecule has 1 aliphatic rings. The maximum Gasteiger partial charge on any atom is 0.348 e. The summed E-state index contributed by atoms with van der Waals surface area (Å²) in [6.45, 7) is 6.96. The molecule has 2 unspecified atom stereocenters. The Morgan fingerprint density at radius 1 is 0.750 bits per heavy atom. The van der Waals surface area contributed by atoms with Gasteiger partial charge in [0, 0.05) is 22.5 Å². The van der Waals surface area contributed by atoms with Gasteiger partial charge in [-0.1, -0.05) is 54.1 Å². The van der Waals surface area contributed by atoms with Crippen molar-refractivity contribution < 1.29 is 44.8 Å². The zero-order chi connectivity index (χ0) is 48.9. The quantitative estimate of drug-likeness (QED) is 0.0420. The van der Waals surface area contributed by atoms with Crippen molar-refractivity contribution in [3.63, 3.8) is 0 Å². The van der Waals surface area contributed by atoms with E-state index in [2.05, 4.69) is 35.3 Å². The van der Waals surface area contributed by atoms with Crippen molar-refractivity contribution in [3.8, 4) is 22.5 Å². The second-order valence-electron chi connectivity index (χ2n) is 16.2. The van der Waals surface area contributed by atoms with E-state index in [4.69, 9.17) is 25.3 Å². The first-order valence-corrected chi connectivity index (χ1v) is 25.9. The van der Waals surface area contributed by atoms with Crippen LogP contribution in [0.25, 0.3) is 22.5 Å². The lowest BCUT2D eigenvalue weighted by atomic mass is 10.0. The number of rotatable bonds is 19. The Labute approximate surface area is 394 Å². The number of benzene rings is 4. The van der Waals surface area contributed by atoms with E-state index in [1.807, 2.05) is 43.3 Å². The van der Waals surface area contributed by atoms with Crippen LogP contribution in [0.5, 0.6) is 0 Å². The van der Waals surface area contributed by atoms with Gasteiger partial charge in [0.15, 0.2) is 37.9 Å². The number of ether oxygens (including phenoxy) is 1. The predicted octanol–water partition coefficient (Wildman–Crippen LogP) is 6.64. The Morgan fingerprint density at radius 2 is 1.24 bits per heavy atom. The average molecular weight is 984 g/mol. The third-order valence-electron chi connectivity index (χ3n) is 10.8. The first-order chi connectivity index (χ1) is 32.3. The van der Waals surface area contributed by atoms with E-state index in [-0.39, 0.29) is 64.9 Å². The normalized spacial score (nSPS) is 14.8. The monoisotopic (exact) mass is 983 g/mol. The van der Waals surface area contributed by atoms with Gasteiger partial charge in [-0.05, 0) is 94.6 Å². The average Bonchev–Trinajstić information content (AvgIpc) is 3.30. The molecule has 7 N–H and O–H groups in total. The molecule has 19 nitrogen and oxygen atoms in total. The Hall–Kier alpha value is -6.45. The molecule has 68 heavy (non-hydrogen) atoms. The Morgan fingerprint density at radius 3 is 1.71 bits per heavy atom. The van der Waals surface area contributed by atoms with Crippen LogP contribution in [0.15, 0.2) is 119 Å². The minimum atomic E-state index is -4.26. The van der Waals surface area contributed by atoms with Gasteiger partial charge in [-0.3, -0.25) is 14.2 Å². The third kappa shape index (κ3) is 11.4. The molecular formula is C46H50N9O10PS2. The molecule has 1 fully saturated rings. The number of aryl methyl sites for hydroxylation is 2. The molecule has 1 saturated heterocycles. The number of carbonyl (C=O) groups excluding carboxylic acids is 2. The van der Waals surface area contributed by atoms with Crippen molar-refractivity contribution in [2.45, 2.75) is 60.9 Å². The topological polar surface area (TPSA) is 287 Å². The van der Waals surface area contributed by atoms with Crippen molar-refractivity contribution in [1.82, 2.24) is 24.7 Å². The fraction of sp³-hybridized carbons (Fsp3) is 0.261. The number of amides is 2.